The lowest BCUT2D eigenvalue weighted by Crippen LogP contribution is -2.33. The van der Waals surface area contributed by atoms with Crippen LogP contribution in [-0.2, 0) is 14.3 Å². The van der Waals surface area contributed by atoms with Crippen LogP contribution in [0.2, 0.25) is 0 Å². The van der Waals surface area contributed by atoms with Gasteiger partial charge in [0.25, 0.3) is 0 Å². The maximum absolute atomic E-state index is 12.2. The van der Waals surface area contributed by atoms with Gasteiger partial charge in [0.1, 0.15) is 6.61 Å². The molecule has 148 valence electrons. The molecule has 0 saturated carbocycles. The van der Waals surface area contributed by atoms with Crippen LogP contribution >= 0.6 is 0 Å². The highest BCUT2D eigenvalue weighted by Crippen LogP contribution is 2.44. The summed E-state index contributed by atoms with van der Waals surface area (Å²) in [6.45, 7) is 6.38. The number of esters is 1. The average molecular weight is 381 g/mol. The van der Waals surface area contributed by atoms with Crippen LogP contribution in [0.3, 0.4) is 0 Å². The van der Waals surface area contributed by atoms with Crippen molar-refractivity contribution in [1.29, 1.82) is 0 Å². The molecule has 0 radical (unpaired) electrons. The highest BCUT2D eigenvalue weighted by Gasteiger charge is 2.30. The van der Waals surface area contributed by atoms with E-state index in [0.29, 0.717) is 19.6 Å². The monoisotopic (exact) mass is 381 g/mol. The van der Waals surface area contributed by atoms with Crippen LogP contribution in [0.5, 0.6) is 0 Å². The van der Waals surface area contributed by atoms with Crippen LogP contribution < -0.4 is 5.32 Å². The molecule has 0 unspecified atom stereocenters. The molecule has 0 saturated heterocycles. The summed E-state index contributed by atoms with van der Waals surface area (Å²) in [7, 11) is 0. The molecule has 5 nitrogen and oxygen atoms in total. The minimum atomic E-state index is -0.646. The summed E-state index contributed by atoms with van der Waals surface area (Å²) in [4.78, 5) is 24.1. The normalized spacial score (nSPS) is 12.8. The van der Waals surface area contributed by atoms with Gasteiger partial charge in [-0.25, -0.2) is 4.79 Å². The lowest BCUT2D eigenvalue weighted by molar-refractivity contribution is -0.153. The molecule has 28 heavy (non-hydrogen) atoms. The van der Waals surface area contributed by atoms with E-state index in [2.05, 4.69) is 29.6 Å². The molecule has 0 atom stereocenters. The van der Waals surface area contributed by atoms with Crippen molar-refractivity contribution >= 4 is 12.1 Å². The Morgan fingerprint density at radius 1 is 0.964 bits per heavy atom. The summed E-state index contributed by atoms with van der Waals surface area (Å²) >= 11 is 0. The third-order valence-corrected chi connectivity index (χ3v) is 5.19. The number of rotatable bonds is 7. The van der Waals surface area contributed by atoms with Gasteiger partial charge in [-0.1, -0.05) is 48.5 Å². The third kappa shape index (κ3) is 4.19. The van der Waals surface area contributed by atoms with Crippen molar-refractivity contribution in [3.05, 3.63) is 59.7 Å². The SMILES string of the molecule is CCOC(=O)C(C)(C)CCNC(=O)OCC1c2ccccc2-c2ccccc21. The van der Waals surface area contributed by atoms with Gasteiger partial charge in [0.2, 0.25) is 0 Å². The standard InChI is InChI=1S/C23H27NO4/c1-4-27-21(25)23(2,3)13-14-24-22(26)28-15-20-18-11-7-5-9-16(18)17-10-6-8-12-19(17)20/h5-12,20H,4,13-15H2,1-3H3,(H,24,26). The highest BCUT2D eigenvalue weighted by molar-refractivity contribution is 5.79. The zero-order chi connectivity index (χ0) is 20.1. The predicted octanol–water partition coefficient (Wildman–Crippen LogP) is 4.50. The second-order valence-electron chi connectivity index (χ2n) is 7.61. The van der Waals surface area contributed by atoms with Gasteiger partial charge in [-0.05, 0) is 49.4 Å². The second kappa shape index (κ2) is 8.46. The first-order chi connectivity index (χ1) is 13.4. The summed E-state index contributed by atoms with van der Waals surface area (Å²) in [5.74, 6) is -0.224. The van der Waals surface area contributed by atoms with Crippen LogP contribution in [0.15, 0.2) is 48.5 Å². The largest absolute Gasteiger partial charge is 0.466 e. The number of nitrogens with one attached hydrogen (secondary N) is 1. The van der Waals surface area contributed by atoms with Gasteiger partial charge in [0, 0.05) is 12.5 Å². The molecule has 1 amide bonds. The Balaban J connectivity index is 1.55. The molecule has 0 aliphatic heterocycles. The first-order valence-corrected chi connectivity index (χ1v) is 9.70. The van der Waals surface area contributed by atoms with E-state index < -0.39 is 11.5 Å². The van der Waals surface area contributed by atoms with E-state index in [1.165, 1.54) is 22.3 Å². The lowest BCUT2D eigenvalue weighted by atomic mass is 9.89. The molecule has 2 aromatic rings. The number of hydrogen-bond donors (Lipinski definition) is 1. The number of fused-ring (bicyclic) bond motifs is 3. The van der Waals surface area contributed by atoms with E-state index in [-0.39, 0.29) is 18.5 Å². The van der Waals surface area contributed by atoms with Gasteiger partial charge in [0.15, 0.2) is 0 Å². The molecular weight excluding hydrogens is 354 g/mol. The van der Waals surface area contributed by atoms with Gasteiger partial charge in [0.05, 0.1) is 12.0 Å². The quantitative estimate of drug-likeness (QED) is 0.717. The topological polar surface area (TPSA) is 64.6 Å². The van der Waals surface area contributed by atoms with Crippen LogP contribution in [-0.4, -0.2) is 31.8 Å². The van der Waals surface area contributed by atoms with Crippen molar-refractivity contribution in [3.63, 3.8) is 0 Å². The molecule has 0 spiro atoms. The Hall–Kier alpha value is -2.82. The Morgan fingerprint density at radius 2 is 1.54 bits per heavy atom. The third-order valence-electron chi connectivity index (χ3n) is 5.19. The predicted molar refractivity (Wildman–Crippen MR) is 108 cm³/mol. The fraction of sp³-hybridized carbons (Fsp3) is 0.391. The highest BCUT2D eigenvalue weighted by atomic mass is 16.5. The molecular formula is C23H27NO4. The number of alkyl carbamates (subject to hydrolysis) is 1. The summed E-state index contributed by atoms with van der Waals surface area (Å²) in [5.41, 5.74) is 4.11. The van der Waals surface area contributed by atoms with Crippen LogP contribution in [0.4, 0.5) is 4.79 Å². The molecule has 5 heteroatoms. The van der Waals surface area contributed by atoms with Gasteiger partial charge >= 0.3 is 12.1 Å². The number of carbonyl (C=O) groups is 2. The zero-order valence-electron chi connectivity index (χ0n) is 16.7. The van der Waals surface area contributed by atoms with E-state index in [1.807, 2.05) is 38.1 Å². The maximum atomic E-state index is 12.2. The number of benzene rings is 2. The lowest BCUT2D eigenvalue weighted by Gasteiger charge is -2.22. The minimum Gasteiger partial charge on any atom is -0.466 e. The Morgan fingerprint density at radius 3 is 2.11 bits per heavy atom. The minimum absolute atomic E-state index is 0.0362. The summed E-state index contributed by atoms with van der Waals surface area (Å²) in [5, 5.41) is 2.74. The Kier molecular flexibility index (Phi) is 6.02. The molecule has 0 bridgehead atoms. The van der Waals surface area contributed by atoms with Crippen molar-refractivity contribution in [3.8, 4) is 11.1 Å². The average Bonchev–Trinajstić information content (AvgIpc) is 3.00. The molecule has 1 N–H and O–H groups in total. The fourth-order valence-corrected chi connectivity index (χ4v) is 3.56. The fourth-order valence-electron chi connectivity index (χ4n) is 3.56. The molecule has 2 aromatic carbocycles. The zero-order valence-corrected chi connectivity index (χ0v) is 16.7. The van der Waals surface area contributed by atoms with E-state index >= 15 is 0 Å². The Bertz CT molecular complexity index is 814. The van der Waals surface area contributed by atoms with E-state index in [9.17, 15) is 9.59 Å². The van der Waals surface area contributed by atoms with Gasteiger partial charge < -0.3 is 14.8 Å². The summed E-state index contributed by atoms with van der Waals surface area (Å²) in [6.07, 6.45) is 0.0114. The number of ether oxygens (including phenoxy) is 2. The molecule has 3 rings (SSSR count). The number of hydrogen-bond acceptors (Lipinski definition) is 4. The van der Waals surface area contributed by atoms with E-state index in [0.717, 1.165) is 0 Å². The first-order valence-electron chi connectivity index (χ1n) is 9.70. The van der Waals surface area contributed by atoms with Gasteiger partial charge in [-0.2, -0.15) is 0 Å². The van der Waals surface area contributed by atoms with E-state index in [4.69, 9.17) is 9.47 Å². The van der Waals surface area contributed by atoms with Crippen LogP contribution in [0, 0.1) is 5.41 Å². The molecule has 0 fully saturated rings. The molecule has 0 heterocycles. The molecule has 1 aliphatic rings. The first kappa shape index (κ1) is 19.9. The van der Waals surface area contributed by atoms with Gasteiger partial charge in [-0.3, -0.25) is 4.79 Å². The van der Waals surface area contributed by atoms with Crippen molar-refractivity contribution in [2.75, 3.05) is 19.8 Å². The Labute approximate surface area is 166 Å². The van der Waals surface area contributed by atoms with Crippen LogP contribution in [0.25, 0.3) is 11.1 Å². The van der Waals surface area contributed by atoms with Crippen LogP contribution in [0.1, 0.15) is 44.2 Å². The molecule has 0 aromatic heterocycles. The maximum Gasteiger partial charge on any atom is 0.407 e. The van der Waals surface area contributed by atoms with Crippen molar-refractivity contribution < 1.29 is 19.1 Å². The summed E-state index contributed by atoms with van der Waals surface area (Å²) in [6, 6.07) is 16.4. The number of carbonyl (C=O) groups excluding carboxylic acids is 2. The van der Waals surface area contributed by atoms with Crippen molar-refractivity contribution in [2.45, 2.75) is 33.1 Å². The van der Waals surface area contributed by atoms with Gasteiger partial charge in [-0.15, -0.1) is 0 Å². The smallest absolute Gasteiger partial charge is 0.407 e. The number of amides is 1. The molecule has 1 aliphatic carbocycles. The van der Waals surface area contributed by atoms with Crippen molar-refractivity contribution in [2.24, 2.45) is 5.41 Å². The van der Waals surface area contributed by atoms with E-state index in [1.54, 1.807) is 6.92 Å². The van der Waals surface area contributed by atoms with Crippen molar-refractivity contribution in [1.82, 2.24) is 5.32 Å². The second-order valence-corrected chi connectivity index (χ2v) is 7.61. The summed E-state index contributed by atoms with van der Waals surface area (Å²) < 4.78 is 10.6.